The highest BCUT2D eigenvalue weighted by molar-refractivity contribution is 7.89. The summed E-state index contributed by atoms with van der Waals surface area (Å²) in [4.78, 5) is 8.29. The number of piperazine rings is 1. The molecule has 0 aliphatic carbocycles. The number of anilines is 2. The largest absolute Gasteiger partial charge is 0.378 e. The van der Waals surface area contributed by atoms with E-state index in [2.05, 4.69) is 25.0 Å². The molecule has 2 aliphatic rings. The Kier molecular flexibility index (Phi) is 4.98. The van der Waals surface area contributed by atoms with E-state index in [1.165, 1.54) is 16.8 Å². The fourth-order valence-corrected chi connectivity index (χ4v) is 4.69. The molecule has 2 saturated heterocycles. The lowest BCUT2D eigenvalue weighted by molar-refractivity contribution is 0.122. The Morgan fingerprint density at radius 2 is 1.78 bits per heavy atom. The molecule has 146 valence electrons. The van der Waals surface area contributed by atoms with Crippen LogP contribution in [-0.4, -0.2) is 85.0 Å². The van der Waals surface area contributed by atoms with Gasteiger partial charge in [0.15, 0.2) is 10.8 Å². The van der Waals surface area contributed by atoms with Crippen molar-refractivity contribution in [2.75, 3.05) is 62.3 Å². The Morgan fingerprint density at radius 3 is 2.44 bits per heavy atom. The molecule has 0 unspecified atom stereocenters. The van der Waals surface area contributed by atoms with Crippen molar-refractivity contribution in [3.05, 3.63) is 24.8 Å². The molecule has 2 aromatic rings. The van der Waals surface area contributed by atoms with Gasteiger partial charge in [-0.05, 0) is 0 Å². The van der Waals surface area contributed by atoms with Gasteiger partial charge in [0.25, 0.3) is 10.0 Å². The van der Waals surface area contributed by atoms with Crippen LogP contribution in [0.1, 0.15) is 0 Å². The standard InChI is InChI=1S/C16H23N7O3S/c1-20-12-16(17-13-20)27(24,25)23-4-2-21(3-5-23)14-10-15(19-18-11-14)22-6-8-26-9-7-22/h10-13H,2-9H2,1H3. The number of hydrogen-bond acceptors (Lipinski definition) is 8. The minimum atomic E-state index is -3.55. The molecule has 0 amide bonds. The Labute approximate surface area is 158 Å². The predicted octanol–water partition coefficient (Wildman–Crippen LogP) is -0.442. The number of imidazole rings is 1. The molecule has 2 fully saturated rings. The van der Waals surface area contributed by atoms with Crippen LogP contribution in [-0.2, 0) is 21.8 Å². The molecule has 27 heavy (non-hydrogen) atoms. The minimum Gasteiger partial charge on any atom is -0.378 e. The van der Waals surface area contributed by atoms with E-state index >= 15 is 0 Å². The molecule has 0 N–H and O–H groups in total. The third kappa shape index (κ3) is 3.75. The summed E-state index contributed by atoms with van der Waals surface area (Å²) in [7, 11) is -1.79. The van der Waals surface area contributed by atoms with Crippen LogP contribution < -0.4 is 9.80 Å². The molecule has 0 aromatic carbocycles. The highest BCUT2D eigenvalue weighted by atomic mass is 32.2. The number of rotatable bonds is 4. The summed E-state index contributed by atoms with van der Waals surface area (Å²) >= 11 is 0. The Hall–Kier alpha value is -2.24. The van der Waals surface area contributed by atoms with Gasteiger partial charge >= 0.3 is 0 Å². The smallest absolute Gasteiger partial charge is 0.262 e. The lowest BCUT2D eigenvalue weighted by Crippen LogP contribution is -2.48. The van der Waals surface area contributed by atoms with Crippen molar-refractivity contribution in [3.8, 4) is 0 Å². The average Bonchev–Trinajstić information content (AvgIpc) is 3.16. The summed E-state index contributed by atoms with van der Waals surface area (Å²) in [6.07, 6.45) is 4.76. The van der Waals surface area contributed by atoms with Gasteiger partial charge in [-0.25, -0.2) is 13.4 Å². The lowest BCUT2D eigenvalue weighted by Gasteiger charge is -2.35. The molecule has 4 heterocycles. The molecular formula is C16H23N7O3S. The van der Waals surface area contributed by atoms with E-state index in [9.17, 15) is 8.42 Å². The Morgan fingerprint density at radius 1 is 1.04 bits per heavy atom. The summed E-state index contributed by atoms with van der Waals surface area (Å²) in [5.74, 6) is 0.833. The normalized spacial score (nSPS) is 19.4. The van der Waals surface area contributed by atoms with E-state index in [1.807, 2.05) is 6.07 Å². The maximum absolute atomic E-state index is 12.7. The first-order valence-corrected chi connectivity index (χ1v) is 10.4. The highest BCUT2D eigenvalue weighted by Gasteiger charge is 2.30. The van der Waals surface area contributed by atoms with E-state index in [4.69, 9.17) is 4.74 Å². The number of sulfonamides is 1. The summed E-state index contributed by atoms with van der Waals surface area (Å²) in [5, 5.41) is 8.46. The molecular weight excluding hydrogens is 370 g/mol. The van der Waals surface area contributed by atoms with Crippen LogP contribution in [0.25, 0.3) is 0 Å². The van der Waals surface area contributed by atoms with E-state index in [-0.39, 0.29) is 5.03 Å². The number of nitrogens with zero attached hydrogens (tertiary/aromatic N) is 7. The van der Waals surface area contributed by atoms with Crippen molar-refractivity contribution in [1.82, 2.24) is 24.1 Å². The van der Waals surface area contributed by atoms with Crippen LogP contribution in [0.2, 0.25) is 0 Å². The Bertz CT molecular complexity index is 887. The van der Waals surface area contributed by atoms with Gasteiger partial charge in [-0.15, -0.1) is 5.10 Å². The molecule has 2 aromatic heterocycles. The molecule has 0 atom stereocenters. The summed E-state index contributed by atoms with van der Waals surface area (Å²) in [5.41, 5.74) is 0.960. The highest BCUT2D eigenvalue weighted by Crippen LogP contribution is 2.23. The second kappa shape index (κ2) is 7.41. The second-order valence-corrected chi connectivity index (χ2v) is 8.52. The van der Waals surface area contributed by atoms with Crippen molar-refractivity contribution >= 4 is 21.5 Å². The van der Waals surface area contributed by atoms with E-state index in [0.717, 1.165) is 24.6 Å². The van der Waals surface area contributed by atoms with Crippen molar-refractivity contribution < 1.29 is 13.2 Å². The molecule has 11 heteroatoms. The zero-order valence-corrected chi connectivity index (χ0v) is 16.0. The van der Waals surface area contributed by atoms with E-state index in [0.29, 0.717) is 39.4 Å². The van der Waals surface area contributed by atoms with Gasteiger partial charge in [-0.1, -0.05) is 0 Å². The van der Waals surface area contributed by atoms with Crippen LogP contribution in [0.15, 0.2) is 29.8 Å². The first-order chi connectivity index (χ1) is 13.0. The molecule has 10 nitrogen and oxygen atoms in total. The van der Waals surface area contributed by atoms with Gasteiger partial charge in [0.1, 0.15) is 0 Å². The molecule has 0 saturated carbocycles. The van der Waals surface area contributed by atoms with Crippen LogP contribution in [0.4, 0.5) is 11.5 Å². The quantitative estimate of drug-likeness (QED) is 0.690. The van der Waals surface area contributed by atoms with Crippen molar-refractivity contribution in [2.24, 2.45) is 7.05 Å². The molecule has 0 spiro atoms. The first-order valence-electron chi connectivity index (χ1n) is 8.92. The van der Waals surface area contributed by atoms with Gasteiger partial charge in [-0.3, -0.25) is 0 Å². The third-order valence-corrected chi connectivity index (χ3v) is 6.64. The van der Waals surface area contributed by atoms with Gasteiger partial charge in [0.2, 0.25) is 0 Å². The molecule has 0 bridgehead atoms. The monoisotopic (exact) mass is 393 g/mol. The fraction of sp³-hybridized carbons (Fsp3) is 0.562. The molecule has 0 radical (unpaired) electrons. The maximum atomic E-state index is 12.7. The summed E-state index contributed by atoms with van der Waals surface area (Å²) in [6, 6.07) is 2.02. The molecule has 2 aliphatic heterocycles. The number of ether oxygens (including phenoxy) is 1. The minimum absolute atomic E-state index is 0.0960. The lowest BCUT2D eigenvalue weighted by atomic mass is 10.3. The first kappa shape index (κ1) is 18.1. The van der Waals surface area contributed by atoms with Gasteiger partial charge in [0, 0.05) is 58.6 Å². The van der Waals surface area contributed by atoms with Gasteiger partial charge in [-0.2, -0.15) is 9.40 Å². The van der Waals surface area contributed by atoms with Crippen LogP contribution in [0.3, 0.4) is 0 Å². The summed E-state index contributed by atoms with van der Waals surface area (Å²) < 4.78 is 33.9. The second-order valence-electron chi connectivity index (χ2n) is 6.64. The van der Waals surface area contributed by atoms with E-state index < -0.39 is 10.0 Å². The van der Waals surface area contributed by atoms with Gasteiger partial charge in [0.05, 0.1) is 31.4 Å². The van der Waals surface area contributed by atoms with Gasteiger partial charge < -0.3 is 19.1 Å². The topological polar surface area (TPSA) is 96.7 Å². The van der Waals surface area contributed by atoms with Crippen LogP contribution in [0, 0.1) is 0 Å². The zero-order chi connectivity index (χ0) is 18.9. The van der Waals surface area contributed by atoms with E-state index in [1.54, 1.807) is 17.8 Å². The summed E-state index contributed by atoms with van der Waals surface area (Å²) in [6.45, 7) is 5.00. The Balaban J connectivity index is 1.43. The molecule has 4 rings (SSSR count). The average molecular weight is 393 g/mol. The number of hydrogen-bond donors (Lipinski definition) is 0. The predicted molar refractivity (Wildman–Crippen MR) is 99.2 cm³/mol. The fourth-order valence-electron chi connectivity index (χ4n) is 3.31. The zero-order valence-electron chi connectivity index (χ0n) is 15.2. The van der Waals surface area contributed by atoms with Crippen LogP contribution >= 0.6 is 0 Å². The number of aromatic nitrogens is 4. The van der Waals surface area contributed by atoms with Crippen molar-refractivity contribution in [3.63, 3.8) is 0 Å². The number of morpholine rings is 1. The van der Waals surface area contributed by atoms with Crippen molar-refractivity contribution in [2.45, 2.75) is 5.03 Å². The maximum Gasteiger partial charge on any atom is 0.262 e. The van der Waals surface area contributed by atoms with Crippen molar-refractivity contribution in [1.29, 1.82) is 0 Å². The number of aryl methyl sites for hydroxylation is 1. The SMILES string of the molecule is Cn1cnc(S(=O)(=O)N2CCN(c3cnnc(N4CCOCC4)c3)CC2)c1. The van der Waals surface area contributed by atoms with Crippen LogP contribution in [0.5, 0.6) is 0 Å². The third-order valence-electron chi connectivity index (χ3n) is 4.85.